The molecule has 2 rings (SSSR count). The lowest BCUT2D eigenvalue weighted by molar-refractivity contribution is -0.137. The zero-order valence-corrected chi connectivity index (χ0v) is 8.18. The van der Waals surface area contributed by atoms with E-state index in [0.717, 1.165) is 6.07 Å². The lowest BCUT2D eigenvalue weighted by Gasteiger charge is -2.10. The highest BCUT2D eigenvalue weighted by Crippen LogP contribution is 2.34. The van der Waals surface area contributed by atoms with Gasteiger partial charge in [0, 0.05) is 7.05 Å². The number of halogens is 3. The molecule has 1 heterocycles. The molecule has 0 saturated carbocycles. The third kappa shape index (κ3) is 1.48. The van der Waals surface area contributed by atoms with Crippen LogP contribution in [0, 0.1) is 6.92 Å². The van der Waals surface area contributed by atoms with E-state index >= 15 is 0 Å². The molecule has 0 fully saturated rings. The van der Waals surface area contributed by atoms with Crippen molar-refractivity contribution in [3.05, 3.63) is 29.6 Å². The standard InChI is InChI=1S/C10H9F3N2/c1-6-7(10(11,12)13)3-4-8-9(6)14-5-15(8)2/h3-5H,1-2H3/i5D. The number of benzene rings is 1. The first-order valence-corrected chi connectivity index (χ1v) is 4.32. The number of nitrogens with zero attached hydrogens (tertiary/aromatic N) is 2. The normalized spacial score (nSPS) is 13.3. The van der Waals surface area contributed by atoms with Crippen molar-refractivity contribution < 1.29 is 14.5 Å². The molecule has 1 aromatic heterocycles. The number of aryl methyl sites for hydroxylation is 2. The van der Waals surface area contributed by atoms with Gasteiger partial charge in [0.1, 0.15) is 1.37 Å². The summed E-state index contributed by atoms with van der Waals surface area (Å²) in [7, 11) is 1.60. The molecule has 80 valence electrons. The Labute approximate surface area is 85.7 Å². The lowest BCUT2D eigenvalue weighted by atomic mass is 10.1. The smallest absolute Gasteiger partial charge is 0.334 e. The maximum atomic E-state index is 12.6. The number of aromatic nitrogens is 2. The van der Waals surface area contributed by atoms with Crippen molar-refractivity contribution in [3.8, 4) is 0 Å². The molecule has 0 aliphatic heterocycles. The summed E-state index contributed by atoms with van der Waals surface area (Å²) in [6.07, 6.45) is -4.42. The van der Waals surface area contributed by atoms with E-state index in [1.54, 1.807) is 7.05 Å². The summed E-state index contributed by atoms with van der Waals surface area (Å²) < 4.78 is 46.7. The fourth-order valence-corrected chi connectivity index (χ4v) is 1.58. The molecule has 0 amide bonds. The minimum Gasteiger partial charge on any atom is -0.334 e. The molecule has 0 atom stereocenters. The third-order valence-electron chi connectivity index (χ3n) is 2.39. The monoisotopic (exact) mass is 215 g/mol. The van der Waals surface area contributed by atoms with Gasteiger partial charge in [-0.05, 0) is 24.6 Å². The molecule has 0 aliphatic rings. The van der Waals surface area contributed by atoms with E-state index < -0.39 is 11.7 Å². The largest absolute Gasteiger partial charge is 0.416 e. The molecule has 2 nitrogen and oxygen atoms in total. The number of rotatable bonds is 0. The van der Waals surface area contributed by atoms with Gasteiger partial charge < -0.3 is 4.57 Å². The van der Waals surface area contributed by atoms with Crippen LogP contribution in [-0.2, 0) is 13.2 Å². The van der Waals surface area contributed by atoms with Gasteiger partial charge in [0.2, 0.25) is 0 Å². The SMILES string of the molecule is [2H]c1nc2c(C)c(C(F)(F)F)ccc2n1C. The van der Waals surface area contributed by atoms with Gasteiger partial charge in [-0.3, -0.25) is 0 Å². The van der Waals surface area contributed by atoms with E-state index in [4.69, 9.17) is 1.37 Å². The van der Waals surface area contributed by atoms with Crippen LogP contribution in [0.15, 0.2) is 18.4 Å². The summed E-state index contributed by atoms with van der Waals surface area (Å²) in [4.78, 5) is 3.82. The van der Waals surface area contributed by atoms with Crippen LogP contribution in [0.4, 0.5) is 13.2 Å². The average Bonchev–Trinajstić information content (AvgIpc) is 2.44. The molecular weight excluding hydrogens is 205 g/mol. The van der Waals surface area contributed by atoms with Gasteiger partial charge in [-0.1, -0.05) is 0 Å². The summed E-state index contributed by atoms with van der Waals surface area (Å²) in [5, 5.41) is 0. The number of hydrogen-bond donors (Lipinski definition) is 0. The van der Waals surface area contributed by atoms with Crippen molar-refractivity contribution in [3.63, 3.8) is 0 Å². The van der Waals surface area contributed by atoms with E-state index in [-0.39, 0.29) is 17.4 Å². The number of imidazole rings is 1. The second-order valence-corrected chi connectivity index (χ2v) is 3.37. The topological polar surface area (TPSA) is 17.8 Å². The highest BCUT2D eigenvalue weighted by molar-refractivity contribution is 5.80. The zero-order chi connectivity index (χ0) is 12.1. The van der Waals surface area contributed by atoms with Crippen LogP contribution in [0.1, 0.15) is 12.5 Å². The molecule has 1 aromatic carbocycles. The fourth-order valence-electron chi connectivity index (χ4n) is 1.58. The van der Waals surface area contributed by atoms with Gasteiger partial charge in [-0.15, -0.1) is 0 Å². The summed E-state index contributed by atoms with van der Waals surface area (Å²) >= 11 is 0. The Morgan fingerprint density at radius 3 is 2.67 bits per heavy atom. The van der Waals surface area contributed by atoms with E-state index in [1.165, 1.54) is 17.6 Å². The predicted molar refractivity (Wildman–Crippen MR) is 50.5 cm³/mol. The summed E-state index contributed by atoms with van der Waals surface area (Å²) in [6.45, 7) is 1.37. The number of alkyl halides is 3. The van der Waals surface area contributed by atoms with Crippen molar-refractivity contribution in [1.82, 2.24) is 9.55 Å². The van der Waals surface area contributed by atoms with E-state index in [1.807, 2.05) is 0 Å². The van der Waals surface area contributed by atoms with Gasteiger partial charge >= 0.3 is 6.18 Å². The van der Waals surface area contributed by atoms with Crippen LogP contribution in [0.25, 0.3) is 11.0 Å². The Bertz CT molecular complexity index is 557. The number of fused-ring (bicyclic) bond motifs is 1. The average molecular weight is 215 g/mol. The molecule has 0 aliphatic carbocycles. The maximum absolute atomic E-state index is 12.6. The van der Waals surface area contributed by atoms with Crippen molar-refractivity contribution in [1.29, 1.82) is 0 Å². The lowest BCUT2D eigenvalue weighted by Crippen LogP contribution is -2.07. The first kappa shape index (κ1) is 8.76. The van der Waals surface area contributed by atoms with E-state index in [9.17, 15) is 13.2 Å². The molecule has 0 N–H and O–H groups in total. The first-order chi connectivity index (χ1) is 7.32. The van der Waals surface area contributed by atoms with E-state index in [0.29, 0.717) is 5.52 Å². The highest BCUT2D eigenvalue weighted by atomic mass is 19.4. The molecule has 2 aromatic rings. The van der Waals surface area contributed by atoms with Crippen LogP contribution in [0.2, 0.25) is 0 Å². The second-order valence-electron chi connectivity index (χ2n) is 3.37. The Morgan fingerprint density at radius 1 is 1.40 bits per heavy atom. The Morgan fingerprint density at radius 2 is 2.07 bits per heavy atom. The van der Waals surface area contributed by atoms with Gasteiger partial charge in [0.25, 0.3) is 0 Å². The fraction of sp³-hybridized carbons (Fsp3) is 0.300. The highest BCUT2D eigenvalue weighted by Gasteiger charge is 2.33. The summed E-state index contributed by atoms with van der Waals surface area (Å²) in [5.41, 5.74) is 0.148. The summed E-state index contributed by atoms with van der Waals surface area (Å²) in [6, 6.07) is 2.37. The molecule has 0 unspecified atom stereocenters. The van der Waals surface area contributed by atoms with Gasteiger partial charge in [-0.2, -0.15) is 13.2 Å². The number of hydrogen-bond acceptors (Lipinski definition) is 1. The quantitative estimate of drug-likeness (QED) is 0.660. The van der Waals surface area contributed by atoms with Crippen molar-refractivity contribution >= 4 is 11.0 Å². The zero-order valence-electron chi connectivity index (χ0n) is 9.18. The van der Waals surface area contributed by atoms with E-state index in [2.05, 4.69) is 4.98 Å². The Balaban J connectivity index is 2.81. The molecule has 0 bridgehead atoms. The molecular formula is C10H9F3N2. The Kier molecular flexibility index (Phi) is 1.74. The molecule has 0 radical (unpaired) electrons. The third-order valence-corrected chi connectivity index (χ3v) is 2.39. The van der Waals surface area contributed by atoms with Crippen molar-refractivity contribution in [2.75, 3.05) is 0 Å². The van der Waals surface area contributed by atoms with Crippen LogP contribution >= 0.6 is 0 Å². The van der Waals surface area contributed by atoms with Gasteiger partial charge in [0.15, 0.2) is 0 Å². The van der Waals surface area contributed by atoms with Crippen LogP contribution < -0.4 is 0 Å². The predicted octanol–water partition coefficient (Wildman–Crippen LogP) is 2.90. The maximum Gasteiger partial charge on any atom is 0.416 e. The first-order valence-electron chi connectivity index (χ1n) is 4.82. The Hall–Kier alpha value is -1.52. The van der Waals surface area contributed by atoms with Crippen LogP contribution in [0.5, 0.6) is 0 Å². The van der Waals surface area contributed by atoms with Gasteiger partial charge in [0.05, 0.1) is 22.9 Å². The van der Waals surface area contributed by atoms with Crippen molar-refractivity contribution in [2.45, 2.75) is 13.1 Å². The molecule has 15 heavy (non-hydrogen) atoms. The van der Waals surface area contributed by atoms with Crippen molar-refractivity contribution in [2.24, 2.45) is 7.05 Å². The summed E-state index contributed by atoms with van der Waals surface area (Å²) in [5.74, 6) is 0. The van der Waals surface area contributed by atoms with Crippen LogP contribution in [-0.4, -0.2) is 9.55 Å². The molecule has 0 saturated heterocycles. The minimum atomic E-state index is -4.38. The molecule has 0 spiro atoms. The minimum absolute atomic E-state index is 0.0441. The molecule has 5 heteroatoms. The van der Waals surface area contributed by atoms with Gasteiger partial charge in [-0.25, -0.2) is 4.98 Å². The van der Waals surface area contributed by atoms with Crippen LogP contribution in [0.3, 0.4) is 0 Å². The second kappa shape index (κ2) is 2.98.